The normalized spacial score (nSPS) is 18.9. The highest BCUT2D eigenvalue weighted by Gasteiger charge is 2.31. The third-order valence-electron chi connectivity index (χ3n) is 3.45. The second kappa shape index (κ2) is 5.32. The van der Waals surface area contributed by atoms with Crippen molar-refractivity contribution in [2.24, 2.45) is 7.05 Å². The second-order valence-corrected chi connectivity index (χ2v) is 5.67. The molecule has 1 aliphatic rings. The molecular formula is C12H20N4OS. The van der Waals surface area contributed by atoms with Gasteiger partial charge in [-0.3, -0.25) is 14.2 Å². The first-order valence-corrected chi connectivity index (χ1v) is 7.35. The van der Waals surface area contributed by atoms with Crippen LogP contribution in [0.1, 0.15) is 30.1 Å². The lowest BCUT2D eigenvalue weighted by atomic mass is 9.91. The monoisotopic (exact) mass is 268 g/mol. The molecule has 1 amide bonds. The Hall–Kier alpha value is -1.01. The molecule has 1 aromatic heterocycles. The van der Waals surface area contributed by atoms with Gasteiger partial charge in [-0.1, -0.05) is 11.9 Å². The van der Waals surface area contributed by atoms with Crippen LogP contribution in [-0.2, 0) is 7.05 Å². The number of piperidine rings is 1. The third-order valence-corrected chi connectivity index (χ3v) is 4.15. The number of nitrogens with one attached hydrogen (secondary N) is 1. The second-order valence-electron chi connectivity index (χ2n) is 5.06. The van der Waals surface area contributed by atoms with E-state index in [2.05, 4.69) is 16.7 Å². The van der Waals surface area contributed by atoms with Crippen molar-refractivity contribution in [2.45, 2.75) is 25.3 Å². The van der Waals surface area contributed by atoms with Crippen LogP contribution in [0.5, 0.6) is 0 Å². The van der Waals surface area contributed by atoms with Crippen molar-refractivity contribution in [2.75, 3.05) is 19.3 Å². The molecule has 0 saturated carbocycles. The number of hydrogen-bond acceptors (Lipinski definition) is 4. The molecule has 0 radical (unpaired) electrons. The Morgan fingerprint density at radius 3 is 2.67 bits per heavy atom. The molecule has 0 bridgehead atoms. The van der Waals surface area contributed by atoms with Crippen LogP contribution >= 0.6 is 11.9 Å². The minimum absolute atomic E-state index is 0.0919. The molecule has 0 aliphatic carbocycles. The lowest BCUT2D eigenvalue weighted by Gasteiger charge is -2.39. The Bertz CT molecular complexity index is 423. The van der Waals surface area contributed by atoms with Crippen molar-refractivity contribution in [1.82, 2.24) is 19.4 Å². The van der Waals surface area contributed by atoms with E-state index in [-0.39, 0.29) is 11.4 Å². The molecule has 1 saturated heterocycles. The van der Waals surface area contributed by atoms with Crippen LogP contribution in [-0.4, -0.2) is 45.5 Å². The zero-order valence-electron chi connectivity index (χ0n) is 11.1. The highest BCUT2D eigenvalue weighted by atomic mass is 32.2. The van der Waals surface area contributed by atoms with Crippen LogP contribution in [0.2, 0.25) is 0 Å². The molecule has 2 rings (SSSR count). The van der Waals surface area contributed by atoms with E-state index in [0.29, 0.717) is 5.56 Å². The minimum Gasteiger partial charge on any atom is -0.338 e. The van der Waals surface area contributed by atoms with Gasteiger partial charge >= 0.3 is 0 Å². The standard InChI is InChI=1S/C12H20N4OS/c1-12(14-18-3)4-6-16(7-5-12)11(17)10-8-13-15(2)9-10/h8-9,14H,4-7H2,1-3H3. The van der Waals surface area contributed by atoms with Gasteiger partial charge in [-0.15, -0.1) is 0 Å². The molecule has 100 valence electrons. The van der Waals surface area contributed by atoms with Crippen LogP contribution in [0.15, 0.2) is 12.4 Å². The fourth-order valence-corrected chi connectivity index (χ4v) is 2.96. The summed E-state index contributed by atoms with van der Waals surface area (Å²) in [7, 11) is 1.83. The molecule has 1 N–H and O–H groups in total. The van der Waals surface area contributed by atoms with E-state index in [1.807, 2.05) is 18.2 Å². The Kier molecular flexibility index (Phi) is 3.97. The summed E-state index contributed by atoms with van der Waals surface area (Å²) in [5.74, 6) is 0.0919. The van der Waals surface area contributed by atoms with E-state index in [0.717, 1.165) is 25.9 Å². The van der Waals surface area contributed by atoms with Crippen molar-refractivity contribution in [3.8, 4) is 0 Å². The average Bonchev–Trinajstić information content (AvgIpc) is 2.76. The molecule has 2 heterocycles. The average molecular weight is 268 g/mol. The number of carbonyl (C=O) groups is 1. The van der Waals surface area contributed by atoms with Crippen LogP contribution in [0, 0.1) is 0 Å². The molecule has 5 nitrogen and oxygen atoms in total. The molecular weight excluding hydrogens is 248 g/mol. The van der Waals surface area contributed by atoms with Crippen molar-refractivity contribution >= 4 is 17.9 Å². The summed E-state index contributed by atoms with van der Waals surface area (Å²) in [6.07, 6.45) is 7.42. The molecule has 1 aliphatic heterocycles. The molecule has 0 atom stereocenters. The van der Waals surface area contributed by atoms with Gasteiger partial charge in [-0.25, -0.2) is 0 Å². The minimum atomic E-state index is 0.0919. The number of aromatic nitrogens is 2. The maximum absolute atomic E-state index is 12.2. The van der Waals surface area contributed by atoms with Crippen molar-refractivity contribution < 1.29 is 4.79 Å². The van der Waals surface area contributed by atoms with Gasteiger partial charge in [0.15, 0.2) is 0 Å². The molecule has 18 heavy (non-hydrogen) atoms. The number of carbonyl (C=O) groups excluding carboxylic acids is 1. The van der Waals surface area contributed by atoms with Crippen LogP contribution < -0.4 is 4.72 Å². The molecule has 6 heteroatoms. The van der Waals surface area contributed by atoms with E-state index in [9.17, 15) is 4.79 Å². The predicted molar refractivity (Wildman–Crippen MR) is 73.4 cm³/mol. The van der Waals surface area contributed by atoms with Gasteiger partial charge in [-0.2, -0.15) is 5.10 Å². The summed E-state index contributed by atoms with van der Waals surface area (Å²) < 4.78 is 5.09. The Morgan fingerprint density at radius 2 is 2.17 bits per heavy atom. The Labute approximate surface area is 112 Å². The molecule has 0 spiro atoms. The van der Waals surface area contributed by atoms with E-state index >= 15 is 0 Å². The van der Waals surface area contributed by atoms with Crippen molar-refractivity contribution in [3.05, 3.63) is 18.0 Å². The van der Waals surface area contributed by atoms with Gasteiger partial charge in [0.2, 0.25) is 0 Å². The van der Waals surface area contributed by atoms with Crippen LogP contribution in [0.25, 0.3) is 0 Å². The van der Waals surface area contributed by atoms with Gasteiger partial charge in [0.25, 0.3) is 5.91 Å². The topological polar surface area (TPSA) is 50.2 Å². The number of likely N-dealkylation sites (tertiary alicyclic amines) is 1. The van der Waals surface area contributed by atoms with Crippen LogP contribution in [0.4, 0.5) is 0 Å². The van der Waals surface area contributed by atoms with E-state index in [1.165, 1.54) is 0 Å². The zero-order valence-corrected chi connectivity index (χ0v) is 12.0. The number of aryl methyl sites for hydroxylation is 1. The third kappa shape index (κ3) is 2.87. The lowest BCUT2D eigenvalue weighted by Crippen LogP contribution is -2.50. The number of amides is 1. The summed E-state index contributed by atoms with van der Waals surface area (Å²) in [4.78, 5) is 14.1. The summed E-state index contributed by atoms with van der Waals surface area (Å²) in [6, 6.07) is 0. The quantitative estimate of drug-likeness (QED) is 0.839. The summed E-state index contributed by atoms with van der Waals surface area (Å²) in [6.45, 7) is 3.82. The largest absolute Gasteiger partial charge is 0.338 e. The highest BCUT2D eigenvalue weighted by Crippen LogP contribution is 2.24. The van der Waals surface area contributed by atoms with E-state index in [4.69, 9.17) is 0 Å². The smallest absolute Gasteiger partial charge is 0.257 e. The summed E-state index contributed by atoms with van der Waals surface area (Å²) in [5, 5.41) is 4.04. The van der Waals surface area contributed by atoms with E-state index in [1.54, 1.807) is 29.0 Å². The SMILES string of the molecule is CSNC1(C)CCN(C(=O)c2cnn(C)c2)CC1. The summed E-state index contributed by atoms with van der Waals surface area (Å²) in [5.41, 5.74) is 0.824. The van der Waals surface area contributed by atoms with E-state index < -0.39 is 0 Å². The molecule has 0 aromatic carbocycles. The maximum atomic E-state index is 12.2. The highest BCUT2D eigenvalue weighted by molar-refractivity contribution is 7.96. The van der Waals surface area contributed by atoms with Gasteiger partial charge < -0.3 is 4.90 Å². The Balaban J connectivity index is 1.95. The molecule has 1 fully saturated rings. The van der Waals surface area contributed by atoms with Crippen molar-refractivity contribution in [1.29, 1.82) is 0 Å². The first-order chi connectivity index (χ1) is 8.54. The zero-order chi connectivity index (χ0) is 13.2. The first kappa shape index (κ1) is 13.4. The van der Waals surface area contributed by atoms with Gasteiger partial charge in [0.1, 0.15) is 0 Å². The predicted octanol–water partition coefficient (Wildman–Crippen LogP) is 1.28. The number of rotatable bonds is 3. The molecule has 1 aromatic rings. The first-order valence-electron chi connectivity index (χ1n) is 6.12. The van der Waals surface area contributed by atoms with Gasteiger partial charge in [0.05, 0.1) is 11.8 Å². The molecule has 0 unspecified atom stereocenters. The van der Waals surface area contributed by atoms with Gasteiger partial charge in [-0.05, 0) is 26.0 Å². The van der Waals surface area contributed by atoms with Crippen LogP contribution in [0.3, 0.4) is 0 Å². The summed E-state index contributed by atoms with van der Waals surface area (Å²) >= 11 is 1.65. The maximum Gasteiger partial charge on any atom is 0.257 e. The Morgan fingerprint density at radius 1 is 1.50 bits per heavy atom. The fraction of sp³-hybridized carbons (Fsp3) is 0.667. The van der Waals surface area contributed by atoms with Crippen molar-refractivity contribution in [3.63, 3.8) is 0 Å². The fourth-order valence-electron chi connectivity index (χ4n) is 2.27. The van der Waals surface area contributed by atoms with Gasteiger partial charge in [0, 0.05) is 31.9 Å². The lowest BCUT2D eigenvalue weighted by molar-refractivity contribution is 0.0673. The number of hydrogen-bond donors (Lipinski definition) is 1. The number of nitrogens with zero attached hydrogens (tertiary/aromatic N) is 3.